The van der Waals surface area contributed by atoms with Crippen LogP contribution in [0.1, 0.15) is 6.92 Å². The Morgan fingerprint density at radius 3 is 2.73 bits per heavy atom. The summed E-state index contributed by atoms with van der Waals surface area (Å²) >= 11 is 7.12. The van der Waals surface area contributed by atoms with E-state index in [-0.39, 0.29) is 22.3 Å². The molecule has 0 fully saturated rings. The van der Waals surface area contributed by atoms with Gasteiger partial charge in [-0.2, -0.15) is 0 Å². The first kappa shape index (κ1) is 16.2. The number of carbonyl (C=O) groups excluding carboxylic acids is 1. The summed E-state index contributed by atoms with van der Waals surface area (Å²) in [5, 5.41) is 13.5. The van der Waals surface area contributed by atoms with E-state index in [2.05, 4.69) is 15.3 Å². The number of hydrogen-bond acceptors (Lipinski definition) is 6. The van der Waals surface area contributed by atoms with Crippen molar-refractivity contribution in [1.82, 2.24) is 9.97 Å². The summed E-state index contributed by atoms with van der Waals surface area (Å²) in [6, 6.07) is 5.54. The Balaban J connectivity index is 2.08. The molecule has 1 atom stereocenters. The van der Waals surface area contributed by atoms with Gasteiger partial charge < -0.3 is 5.32 Å². The zero-order chi connectivity index (χ0) is 16.1. The van der Waals surface area contributed by atoms with Gasteiger partial charge in [-0.3, -0.25) is 14.9 Å². The van der Waals surface area contributed by atoms with E-state index in [4.69, 9.17) is 11.6 Å². The number of benzene rings is 1. The molecule has 0 radical (unpaired) electrons. The molecule has 1 aromatic carbocycles. The van der Waals surface area contributed by atoms with Crippen molar-refractivity contribution in [2.24, 2.45) is 0 Å². The number of rotatable bonds is 5. The van der Waals surface area contributed by atoms with Gasteiger partial charge >= 0.3 is 0 Å². The van der Waals surface area contributed by atoms with Crippen LogP contribution in [0.3, 0.4) is 0 Å². The average molecular weight is 339 g/mol. The SMILES string of the molecule is CC(Sc1ncccn1)C(=O)Nc1cc([N+](=O)[O-])ccc1Cl. The molecular formula is C13H11ClN4O3S. The molecule has 7 nitrogen and oxygen atoms in total. The standard InChI is InChI=1S/C13H11ClN4O3S/c1-8(22-13-15-5-2-6-16-13)12(19)17-11-7-9(18(20)21)3-4-10(11)14/h2-8H,1H3,(H,17,19). The summed E-state index contributed by atoms with van der Waals surface area (Å²) in [4.78, 5) is 30.4. The van der Waals surface area contributed by atoms with E-state index in [9.17, 15) is 14.9 Å². The van der Waals surface area contributed by atoms with Crippen molar-refractivity contribution in [3.8, 4) is 0 Å². The number of hydrogen-bond donors (Lipinski definition) is 1. The Hall–Kier alpha value is -2.19. The smallest absolute Gasteiger partial charge is 0.271 e. The largest absolute Gasteiger partial charge is 0.324 e. The number of nitrogens with one attached hydrogen (secondary N) is 1. The summed E-state index contributed by atoms with van der Waals surface area (Å²) in [6.07, 6.45) is 3.16. The summed E-state index contributed by atoms with van der Waals surface area (Å²) in [5.41, 5.74) is 0.0497. The van der Waals surface area contributed by atoms with Gasteiger partial charge in [-0.05, 0) is 19.1 Å². The van der Waals surface area contributed by atoms with Gasteiger partial charge in [0.25, 0.3) is 5.69 Å². The maximum absolute atomic E-state index is 12.1. The molecule has 22 heavy (non-hydrogen) atoms. The summed E-state index contributed by atoms with van der Waals surface area (Å²) in [6.45, 7) is 1.68. The second-order valence-electron chi connectivity index (χ2n) is 4.20. The molecule has 0 aliphatic carbocycles. The fourth-order valence-electron chi connectivity index (χ4n) is 1.51. The van der Waals surface area contributed by atoms with Gasteiger partial charge in [0.2, 0.25) is 5.91 Å². The Morgan fingerprint density at radius 2 is 2.09 bits per heavy atom. The van der Waals surface area contributed by atoms with Crippen LogP contribution < -0.4 is 5.32 Å². The highest BCUT2D eigenvalue weighted by molar-refractivity contribution is 8.00. The number of amides is 1. The Labute approximate surface area is 135 Å². The first-order valence-corrected chi connectivity index (χ1v) is 7.41. The average Bonchev–Trinajstić information content (AvgIpc) is 2.50. The highest BCUT2D eigenvalue weighted by atomic mass is 35.5. The van der Waals surface area contributed by atoms with Crippen molar-refractivity contribution in [1.29, 1.82) is 0 Å². The zero-order valence-corrected chi connectivity index (χ0v) is 13.0. The van der Waals surface area contributed by atoms with Gasteiger partial charge in [-0.1, -0.05) is 23.4 Å². The minimum absolute atomic E-state index is 0.147. The van der Waals surface area contributed by atoms with Gasteiger partial charge in [-0.15, -0.1) is 0 Å². The Morgan fingerprint density at radius 1 is 1.41 bits per heavy atom. The first-order valence-electron chi connectivity index (χ1n) is 6.16. The zero-order valence-electron chi connectivity index (χ0n) is 11.4. The predicted molar refractivity (Wildman–Crippen MR) is 84.1 cm³/mol. The molecular weight excluding hydrogens is 328 g/mol. The van der Waals surface area contributed by atoms with Crippen LogP contribution in [0.2, 0.25) is 5.02 Å². The second kappa shape index (κ2) is 7.19. The maximum Gasteiger partial charge on any atom is 0.271 e. The lowest BCUT2D eigenvalue weighted by atomic mass is 10.2. The molecule has 0 saturated carbocycles. The molecule has 0 spiro atoms. The Bertz CT molecular complexity index is 699. The first-order chi connectivity index (χ1) is 10.5. The molecule has 9 heteroatoms. The molecule has 2 aromatic rings. The molecule has 2 rings (SSSR count). The monoisotopic (exact) mass is 338 g/mol. The minimum atomic E-state index is -0.554. The molecule has 1 N–H and O–H groups in total. The number of halogens is 1. The molecule has 1 aromatic heterocycles. The third kappa shape index (κ3) is 4.15. The maximum atomic E-state index is 12.1. The molecule has 1 amide bonds. The molecule has 0 aliphatic heterocycles. The van der Waals surface area contributed by atoms with Crippen LogP contribution in [-0.4, -0.2) is 26.0 Å². The lowest BCUT2D eigenvalue weighted by Crippen LogP contribution is -2.22. The fourth-order valence-corrected chi connectivity index (χ4v) is 2.41. The highest BCUT2D eigenvalue weighted by Gasteiger charge is 2.18. The van der Waals surface area contributed by atoms with Gasteiger partial charge in [0.05, 0.1) is 20.9 Å². The summed E-state index contributed by atoms with van der Waals surface area (Å²) in [7, 11) is 0. The van der Waals surface area contributed by atoms with E-state index in [0.717, 1.165) is 0 Å². The van der Waals surface area contributed by atoms with Crippen LogP contribution in [0.15, 0.2) is 41.8 Å². The van der Waals surface area contributed by atoms with Crippen molar-refractivity contribution >= 4 is 40.6 Å². The van der Waals surface area contributed by atoms with Gasteiger partial charge in [-0.25, -0.2) is 9.97 Å². The normalized spacial score (nSPS) is 11.7. The van der Waals surface area contributed by atoms with E-state index >= 15 is 0 Å². The van der Waals surface area contributed by atoms with Crippen LogP contribution in [0.5, 0.6) is 0 Å². The third-order valence-corrected chi connectivity index (χ3v) is 3.93. The minimum Gasteiger partial charge on any atom is -0.324 e. The molecule has 1 heterocycles. The number of nitro benzene ring substituents is 1. The topological polar surface area (TPSA) is 98.0 Å². The number of non-ortho nitro benzene ring substituents is 1. The highest BCUT2D eigenvalue weighted by Crippen LogP contribution is 2.28. The van der Waals surface area contributed by atoms with Crippen molar-refractivity contribution in [2.75, 3.05) is 5.32 Å². The number of carbonyl (C=O) groups is 1. The molecule has 0 bridgehead atoms. The van der Waals surface area contributed by atoms with Crippen molar-refractivity contribution in [2.45, 2.75) is 17.3 Å². The van der Waals surface area contributed by atoms with Crippen LogP contribution in [0.25, 0.3) is 0 Å². The van der Waals surface area contributed by atoms with Gasteiger partial charge in [0.15, 0.2) is 5.16 Å². The second-order valence-corrected chi connectivity index (χ2v) is 5.92. The van der Waals surface area contributed by atoms with E-state index < -0.39 is 10.2 Å². The van der Waals surface area contributed by atoms with Crippen LogP contribution in [0, 0.1) is 10.1 Å². The fraction of sp³-hybridized carbons (Fsp3) is 0.154. The van der Waals surface area contributed by atoms with Crippen molar-refractivity contribution < 1.29 is 9.72 Å². The number of nitro groups is 1. The van der Waals surface area contributed by atoms with Crippen molar-refractivity contribution in [3.05, 3.63) is 51.8 Å². The van der Waals surface area contributed by atoms with E-state index in [1.165, 1.54) is 30.0 Å². The van der Waals surface area contributed by atoms with Crippen molar-refractivity contribution in [3.63, 3.8) is 0 Å². The van der Waals surface area contributed by atoms with Gasteiger partial charge in [0.1, 0.15) is 0 Å². The van der Waals surface area contributed by atoms with Crippen LogP contribution in [0.4, 0.5) is 11.4 Å². The lowest BCUT2D eigenvalue weighted by Gasteiger charge is -2.11. The van der Waals surface area contributed by atoms with E-state index in [1.807, 2.05) is 0 Å². The van der Waals surface area contributed by atoms with E-state index in [1.54, 1.807) is 25.4 Å². The molecule has 114 valence electrons. The van der Waals surface area contributed by atoms with E-state index in [0.29, 0.717) is 5.16 Å². The predicted octanol–water partition coefficient (Wildman–Crippen LogP) is 3.16. The Kier molecular flexibility index (Phi) is 5.29. The number of anilines is 1. The lowest BCUT2D eigenvalue weighted by molar-refractivity contribution is -0.384. The molecule has 1 unspecified atom stereocenters. The molecule has 0 saturated heterocycles. The number of aromatic nitrogens is 2. The quantitative estimate of drug-likeness (QED) is 0.389. The number of nitrogens with zero attached hydrogens (tertiary/aromatic N) is 3. The van der Waals surface area contributed by atoms with Crippen LogP contribution >= 0.6 is 23.4 Å². The van der Waals surface area contributed by atoms with Gasteiger partial charge in [0, 0.05) is 24.5 Å². The molecule has 0 aliphatic rings. The summed E-state index contributed by atoms with van der Waals surface area (Å²) < 4.78 is 0. The van der Waals surface area contributed by atoms with Crippen LogP contribution in [-0.2, 0) is 4.79 Å². The summed E-state index contributed by atoms with van der Waals surface area (Å²) in [5.74, 6) is -0.347. The number of thioether (sulfide) groups is 1. The third-order valence-electron chi connectivity index (χ3n) is 2.61.